The Balaban J connectivity index is 1.14. The number of piperazine rings is 1. The highest BCUT2D eigenvalue weighted by Crippen LogP contribution is 2.34. The molecule has 1 N–H and O–H groups in total. The van der Waals surface area contributed by atoms with Gasteiger partial charge in [0.25, 0.3) is 0 Å². The molecule has 0 radical (unpaired) electrons. The molecule has 0 bridgehead atoms. The molecule has 3 heterocycles. The zero-order valence-electron chi connectivity index (χ0n) is 21.2. The van der Waals surface area contributed by atoms with Crippen molar-refractivity contribution in [1.29, 1.82) is 0 Å². The first-order valence-corrected chi connectivity index (χ1v) is 12.3. The van der Waals surface area contributed by atoms with Crippen LogP contribution in [-0.2, 0) is 6.54 Å². The predicted molar refractivity (Wildman–Crippen MR) is 144 cm³/mol. The average molecular weight is 498 g/mol. The van der Waals surface area contributed by atoms with Gasteiger partial charge < -0.3 is 29.0 Å². The van der Waals surface area contributed by atoms with Crippen molar-refractivity contribution in [1.82, 2.24) is 20.2 Å². The van der Waals surface area contributed by atoms with E-state index in [-0.39, 0.29) is 0 Å². The number of ether oxygens (including phenoxy) is 2. The molecule has 0 unspecified atom stereocenters. The van der Waals surface area contributed by atoms with Crippen molar-refractivity contribution in [2.24, 2.45) is 0 Å². The number of aromatic nitrogens is 2. The summed E-state index contributed by atoms with van der Waals surface area (Å²) >= 11 is 0. The fourth-order valence-corrected chi connectivity index (χ4v) is 4.36. The van der Waals surface area contributed by atoms with E-state index in [1.54, 1.807) is 19.5 Å². The molecule has 8 nitrogen and oxygen atoms in total. The van der Waals surface area contributed by atoms with Crippen LogP contribution in [0.4, 0.5) is 5.69 Å². The number of aryl methyl sites for hydroxylation is 1. The van der Waals surface area contributed by atoms with Crippen molar-refractivity contribution in [3.8, 4) is 28.7 Å². The number of pyridine rings is 1. The third-order valence-corrected chi connectivity index (χ3v) is 6.35. The number of hydrogen-bond donors (Lipinski definition) is 1. The van der Waals surface area contributed by atoms with Crippen LogP contribution in [-0.4, -0.2) is 48.2 Å². The van der Waals surface area contributed by atoms with Gasteiger partial charge in [0.2, 0.25) is 5.88 Å². The van der Waals surface area contributed by atoms with Crippen LogP contribution in [0, 0.1) is 6.92 Å². The van der Waals surface area contributed by atoms with Gasteiger partial charge in [-0.15, -0.1) is 0 Å². The van der Waals surface area contributed by atoms with E-state index in [4.69, 9.17) is 13.9 Å². The second kappa shape index (κ2) is 11.1. The third kappa shape index (κ3) is 5.86. The molecule has 8 heteroatoms. The molecule has 37 heavy (non-hydrogen) atoms. The highest BCUT2D eigenvalue weighted by atomic mass is 16.5. The third-order valence-electron chi connectivity index (χ3n) is 6.35. The first kappa shape index (κ1) is 24.2. The number of rotatable bonds is 9. The normalized spacial score (nSPS) is 13.4. The largest absolute Gasteiger partial charge is 0.496 e. The lowest BCUT2D eigenvalue weighted by Crippen LogP contribution is -2.47. The van der Waals surface area contributed by atoms with E-state index < -0.39 is 0 Å². The second-order valence-electron chi connectivity index (χ2n) is 8.82. The maximum Gasteiger partial charge on any atom is 0.219 e. The fraction of sp³-hybridized carbons (Fsp3) is 0.241. The van der Waals surface area contributed by atoms with Crippen molar-refractivity contribution in [2.75, 3.05) is 38.2 Å². The van der Waals surface area contributed by atoms with E-state index in [0.717, 1.165) is 60.3 Å². The number of nitrogens with zero attached hydrogens (tertiary/aromatic N) is 4. The van der Waals surface area contributed by atoms with Crippen molar-refractivity contribution >= 4 is 5.69 Å². The summed E-state index contributed by atoms with van der Waals surface area (Å²) < 4.78 is 17.2. The summed E-state index contributed by atoms with van der Waals surface area (Å²) in [5, 5.41) is 3.47. The molecule has 190 valence electrons. The Morgan fingerprint density at radius 2 is 1.89 bits per heavy atom. The highest BCUT2D eigenvalue weighted by molar-refractivity contribution is 5.70. The molecule has 5 rings (SSSR count). The van der Waals surface area contributed by atoms with Crippen LogP contribution in [0.2, 0.25) is 0 Å². The predicted octanol–water partition coefficient (Wildman–Crippen LogP) is 5.23. The quantitative estimate of drug-likeness (QED) is 0.337. The van der Waals surface area contributed by atoms with Crippen molar-refractivity contribution in [3.05, 3.63) is 96.9 Å². The molecule has 2 aromatic carbocycles. The fourth-order valence-electron chi connectivity index (χ4n) is 4.36. The van der Waals surface area contributed by atoms with Crippen LogP contribution in [0.5, 0.6) is 17.4 Å². The molecule has 0 spiro atoms. The van der Waals surface area contributed by atoms with Crippen LogP contribution in [0.15, 0.2) is 89.9 Å². The number of anilines is 1. The van der Waals surface area contributed by atoms with Gasteiger partial charge in [0.1, 0.15) is 11.5 Å². The minimum Gasteiger partial charge on any atom is -0.496 e. The van der Waals surface area contributed by atoms with E-state index in [1.807, 2.05) is 49.4 Å². The maximum atomic E-state index is 5.85. The molecule has 0 saturated carbocycles. The SMILES string of the molecule is C=C(NCc1cccc(Oc2ccccn2)c1)N1CCN(c2ccc(-c3cnc(C)o3)c(OC)c2)CC1. The van der Waals surface area contributed by atoms with Gasteiger partial charge in [-0.05, 0) is 35.9 Å². The van der Waals surface area contributed by atoms with Gasteiger partial charge in [-0.25, -0.2) is 9.97 Å². The highest BCUT2D eigenvalue weighted by Gasteiger charge is 2.20. The lowest BCUT2D eigenvalue weighted by atomic mass is 10.1. The minimum absolute atomic E-state index is 0.579. The molecule has 1 aliphatic heterocycles. The maximum absolute atomic E-state index is 5.85. The van der Waals surface area contributed by atoms with Gasteiger partial charge in [0, 0.05) is 63.7 Å². The molecule has 1 aliphatic rings. The number of hydrogen-bond acceptors (Lipinski definition) is 8. The van der Waals surface area contributed by atoms with Crippen molar-refractivity contribution in [3.63, 3.8) is 0 Å². The standard InChI is InChI=1S/C29H31N5O3/c1-21(31-19-23-7-6-8-25(17-23)37-29-9-4-5-12-30-29)33-13-15-34(16-14-33)24-10-11-26(27(18-24)35-3)28-20-32-22(2)36-28/h4-12,17-18,20,31H,1,13-16,19H2,2-3H3. The molecule has 2 aromatic heterocycles. The van der Waals surface area contributed by atoms with Crippen LogP contribution >= 0.6 is 0 Å². The van der Waals surface area contributed by atoms with Gasteiger partial charge in [-0.1, -0.05) is 24.8 Å². The van der Waals surface area contributed by atoms with Crippen molar-refractivity contribution < 1.29 is 13.9 Å². The molecular weight excluding hydrogens is 466 g/mol. The topological polar surface area (TPSA) is 75.9 Å². The summed E-state index contributed by atoms with van der Waals surface area (Å²) in [4.78, 5) is 13.1. The molecular formula is C29H31N5O3. The molecule has 0 amide bonds. The molecule has 0 atom stereocenters. The zero-order valence-corrected chi connectivity index (χ0v) is 21.2. The molecule has 1 saturated heterocycles. The molecule has 1 fully saturated rings. The minimum atomic E-state index is 0.579. The lowest BCUT2D eigenvalue weighted by molar-refractivity contribution is 0.300. The van der Waals surface area contributed by atoms with Crippen LogP contribution in [0.25, 0.3) is 11.3 Å². The summed E-state index contributed by atoms with van der Waals surface area (Å²) in [6.07, 6.45) is 3.45. The Labute approximate surface area is 217 Å². The van der Waals surface area contributed by atoms with Gasteiger partial charge in [-0.2, -0.15) is 0 Å². The monoisotopic (exact) mass is 497 g/mol. The van der Waals surface area contributed by atoms with Gasteiger partial charge in [-0.3, -0.25) is 0 Å². The first-order valence-electron chi connectivity index (χ1n) is 12.3. The van der Waals surface area contributed by atoms with Crippen molar-refractivity contribution in [2.45, 2.75) is 13.5 Å². The van der Waals surface area contributed by atoms with E-state index in [1.165, 1.54) is 0 Å². The Kier molecular flexibility index (Phi) is 7.26. The smallest absolute Gasteiger partial charge is 0.219 e. The Hall–Kier alpha value is -4.46. The molecule has 0 aliphatic carbocycles. The van der Waals surface area contributed by atoms with E-state index in [0.29, 0.717) is 24.1 Å². The van der Waals surface area contributed by atoms with E-state index in [9.17, 15) is 0 Å². The first-order chi connectivity index (χ1) is 18.1. The van der Waals surface area contributed by atoms with Gasteiger partial charge in [0.15, 0.2) is 11.7 Å². The molecule has 4 aromatic rings. The van der Waals surface area contributed by atoms with E-state index in [2.05, 4.69) is 49.9 Å². The number of benzene rings is 2. The summed E-state index contributed by atoms with van der Waals surface area (Å²) in [5.41, 5.74) is 3.14. The Morgan fingerprint density at radius 1 is 1.03 bits per heavy atom. The Bertz CT molecular complexity index is 1350. The van der Waals surface area contributed by atoms with Crippen LogP contribution in [0.3, 0.4) is 0 Å². The zero-order chi connectivity index (χ0) is 25.6. The van der Waals surface area contributed by atoms with Gasteiger partial charge >= 0.3 is 0 Å². The Morgan fingerprint density at radius 3 is 2.62 bits per heavy atom. The summed E-state index contributed by atoms with van der Waals surface area (Å²) in [7, 11) is 1.68. The number of methoxy groups -OCH3 is 1. The summed E-state index contributed by atoms with van der Waals surface area (Å²) in [6, 6.07) is 19.8. The summed E-state index contributed by atoms with van der Waals surface area (Å²) in [5.74, 6) is 4.38. The second-order valence-corrected chi connectivity index (χ2v) is 8.82. The van der Waals surface area contributed by atoms with Crippen LogP contribution in [0.1, 0.15) is 11.5 Å². The van der Waals surface area contributed by atoms with Crippen LogP contribution < -0.4 is 19.7 Å². The summed E-state index contributed by atoms with van der Waals surface area (Å²) in [6.45, 7) is 10.3. The van der Waals surface area contributed by atoms with E-state index >= 15 is 0 Å². The number of nitrogens with one attached hydrogen (secondary N) is 1. The van der Waals surface area contributed by atoms with Gasteiger partial charge in [0.05, 0.1) is 24.7 Å². The average Bonchev–Trinajstić information content (AvgIpc) is 3.38. The lowest BCUT2D eigenvalue weighted by Gasteiger charge is -2.38. The number of oxazole rings is 1.